The molecular formula is C12H17NO2S2. The molecule has 94 valence electrons. The molecule has 2 unspecified atom stereocenters. The summed E-state index contributed by atoms with van der Waals surface area (Å²) in [4.78, 5) is 12.7. The Balaban J connectivity index is 2.70. The summed E-state index contributed by atoms with van der Waals surface area (Å²) in [6, 6.07) is 5.44. The molecule has 0 saturated heterocycles. The summed E-state index contributed by atoms with van der Waals surface area (Å²) in [5, 5.41) is 2.74. The van der Waals surface area contributed by atoms with Gasteiger partial charge in [-0.1, -0.05) is 6.07 Å². The van der Waals surface area contributed by atoms with E-state index in [2.05, 4.69) is 17.9 Å². The number of benzene rings is 1. The molecule has 17 heavy (non-hydrogen) atoms. The van der Waals surface area contributed by atoms with E-state index in [1.54, 1.807) is 12.3 Å². The first-order chi connectivity index (χ1) is 7.91. The average Bonchev–Trinajstić information content (AvgIpc) is 2.28. The standard InChI is InChI=1S/C12H17NO2S2/c1-8-4-5-10(16)6-11(8)12(14)13-7-9(2)17(3)15/h4-6,9,16H,7H2,1-3H3,(H,13,14). The molecule has 5 heteroatoms. The SMILES string of the molecule is Cc1ccc(S)cc1C(=O)NCC(C)S(C)=O. The van der Waals surface area contributed by atoms with Gasteiger partial charge in [0.15, 0.2) is 0 Å². The Labute approximate surface area is 110 Å². The summed E-state index contributed by atoms with van der Waals surface area (Å²) in [5.41, 5.74) is 1.53. The van der Waals surface area contributed by atoms with Crippen molar-refractivity contribution in [1.29, 1.82) is 0 Å². The zero-order valence-electron chi connectivity index (χ0n) is 10.2. The van der Waals surface area contributed by atoms with Gasteiger partial charge in [0.25, 0.3) is 5.91 Å². The van der Waals surface area contributed by atoms with E-state index < -0.39 is 10.8 Å². The van der Waals surface area contributed by atoms with Crippen molar-refractivity contribution in [2.75, 3.05) is 12.8 Å². The molecule has 1 N–H and O–H groups in total. The fourth-order valence-electron chi connectivity index (χ4n) is 1.30. The van der Waals surface area contributed by atoms with Crippen molar-refractivity contribution >= 4 is 29.3 Å². The number of aryl methyl sites for hydroxylation is 1. The maximum atomic E-state index is 11.9. The highest BCUT2D eigenvalue weighted by Gasteiger charge is 2.12. The Morgan fingerprint density at radius 1 is 1.53 bits per heavy atom. The van der Waals surface area contributed by atoms with Gasteiger partial charge in [-0.05, 0) is 31.5 Å². The molecule has 0 aliphatic carbocycles. The third-order valence-corrected chi connectivity index (χ3v) is 4.16. The highest BCUT2D eigenvalue weighted by molar-refractivity contribution is 7.84. The molecule has 0 radical (unpaired) electrons. The van der Waals surface area contributed by atoms with Gasteiger partial charge in [-0.15, -0.1) is 12.6 Å². The Morgan fingerprint density at radius 3 is 2.76 bits per heavy atom. The van der Waals surface area contributed by atoms with Gasteiger partial charge in [-0.25, -0.2) is 0 Å². The second-order valence-corrected chi connectivity index (χ2v) is 6.34. The fraction of sp³-hybridized carbons (Fsp3) is 0.417. The van der Waals surface area contributed by atoms with Crippen molar-refractivity contribution in [2.45, 2.75) is 24.0 Å². The lowest BCUT2D eigenvalue weighted by Crippen LogP contribution is -2.32. The normalized spacial score (nSPS) is 14.1. The van der Waals surface area contributed by atoms with Crippen LogP contribution in [0.25, 0.3) is 0 Å². The molecular weight excluding hydrogens is 254 g/mol. The van der Waals surface area contributed by atoms with Crippen molar-refractivity contribution in [2.24, 2.45) is 0 Å². The summed E-state index contributed by atoms with van der Waals surface area (Å²) in [6.07, 6.45) is 1.64. The fourth-order valence-corrected chi connectivity index (χ4v) is 1.83. The second-order valence-electron chi connectivity index (χ2n) is 4.02. The quantitative estimate of drug-likeness (QED) is 0.820. The molecule has 2 atom stereocenters. The van der Waals surface area contributed by atoms with Gasteiger partial charge in [0.2, 0.25) is 0 Å². The smallest absolute Gasteiger partial charge is 0.251 e. The molecule has 0 aromatic heterocycles. The first-order valence-corrected chi connectivity index (χ1v) is 7.38. The van der Waals surface area contributed by atoms with Gasteiger partial charge in [0.05, 0.1) is 0 Å². The molecule has 1 aromatic carbocycles. The van der Waals surface area contributed by atoms with E-state index in [1.165, 1.54) is 0 Å². The van der Waals surface area contributed by atoms with E-state index in [4.69, 9.17) is 0 Å². The maximum absolute atomic E-state index is 11.9. The van der Waals surface area contributed by atoms with Gasteiger partial charge in [-0.3, -0.25) is 9.00 Å². The van der Waals surface area contributed by atoms with E-state index in [0.29, 0.717) is 12.1 Å². The van der Waals surface area contributed by atoms with Crippen LogP contribution < -0.4 is 5.32 Å². The number of hydrogen-bond acceptors (Lipinski definition) is 3. The third-order valence-electron chi connectivity index (χ3n) is 2.58. The van der Waals surface area contributed by atoms with Crippen molar-refractivity contribution in [3.8, 4) is 0 Å². The Morgan fingerprint density at radius 2 is 2.18 bits per heavy atom. The van der Waals surface area contributed by atoms with E-state index in [-0.39, 0.29) is 11.2 Å². The zero-order chi connectivity index (χ0) is 13.0. The zero-order valence-corrected chi connectivity index (χ0v) is 11.9. The minimum Gasteiger partial charge on any atom is -0.351 e. The number of thiol groups is 1. The highest BCUT2D eigenvalue weighted by Crippen LogP contribution is 2.13. The molecule has 1 aromatic rings. The topological polar surface area (TPSA) is 46.2 Å². The lowest BCUT2D eigenvalue weighted by atomic mass is 10.1. The monoisotopic (exact) mass is 271 g/mol. The lowest BCUT2D eigenvalue weighted by Gasteiger charge is -2.11. The summed E-state index contributed by atoms with van der Waals surface area (Å²) in [5.74, 6) is -0.143. The van der Waals surface area contributed by atoms with Gasteiger partial charge >= 0.3 is 0 Å². The Bertz CT molecular complexity index is 446. The van der Waals surface area contributed by atoms with Crippen LogP contribution >= 0.6 is 12.6 Å². The number of carbonyl (C=O) groups excluding carboxylic acids is 1. The van der Waals surface area contributed by atoms with Gasteiger partial charge < -0.3 is 5.32 Å². The van der Waals surface area contributed by atoms with Crippen molar-refractivity contribution in [1.82, 2.24) is 5.32 Å². The molecule has 0 fully saturated rings. The number of amides is 1. The van der Waals surface area contributed by atoms with E-state index >= 15 is 0 Å². The van der Waals surface area contributed by atoms with Crippen LogP contribution in [0.2, 0.25) is 0 Å². The van der Waals surface area contributed by atoms with Crippen LogP contribution in [0.3, 0.4) is 0 Å². The van der Waals surface area contributed by atoms with Crippen LogP contribution in [0, 0.1) is 6.92 Å². The molecule has 1 amide bonds. The van der Waals surface area contributed by atoms with Gasteiger partial charge in [0, 0.05) is 39.3 Å². The van der Waals surface area contributed by atoms with Crippen molar-refractivity contribution in [3.05, 3.63) is 29.3 Å². The second kappa shape index (κ2) is 6.21. The summed E-state index contributed by atoms with van der Waals surface area (Å²) >= 11 is 4.21. The first kappa shape index (κ1) is 14.3. The molecule has 0 saturated carbocycles. The molecule has 0 spiro atoms. The van der Waals surface area contributed by atoms with Crippen LogP contribution in [0.5, 0.6) is 0 Å². The molecule has 3 nitrogen and oxygen atoms in total. The maximum Gasteiger partial charge on any atom is 0.251 e. The summed E-state index contributed by atoms with van der Waals surface area (Å²) in [7, 11) is -0.923. The van der Waals surface area contributed by atoms with Crippen LogP contribution in [0.1, 0.15) is 22.8 Å². The number of hydrogen-bond donors (Lipinski definition) is 2. The lowest BCUT2D eigenvalue weighted by molar-refractivity contribution is 0.0953. The minimum atomic E-state index is -0.923. The average molecular weight is 271 g/mol. The molecule has 0 aliphatic rings. The number of carbonyl (C=O) groups is 1. The number of nitrogens with one attached hydrogen (secondary N) is 1. The van der Waals surface area contributed by atoms with Crippen LogP contribution in [0.15, 0.2) is 23.1 Å². The van der Waals surface area contributed by atoms with E-state index in [0.717, 1.165) is 10.5 Å². The number of rotatable bonds is 4. The molecule has 0 heterocycles. The van der Waals surface area contributed by atoms with Crippen LogP contribution in [0.4, 0.5) is 0 Å². The van der Waals surface area contributed by atoms with Gasteiger partial charge in [0.1, 0.15) is 0 Å². The summed E-state index contributed by atoms with van der Waals surface area (Å²) < 4.78 is 11.2. The predicted octanol–water partition coefficient (Wildman–Crippen LogP) is 1.78. The molecule has 1 rings (SSSR count). The van der Waals surface area contributed by atoms with E-state index in [1.807, 2.05) is 26.0 Å². The van der Waals surface area contributed by atoms with Gasteiger partial charge in [-0.2, -0.15) is 0 Å². The summed E-state index contributed by atoms with van der Waals surface area (Å²) in [6.45, 7) is 4.14. The van der Waals surface area contributed by atoms with Crippen LogP contribution in [-0.4, -0.2) is 28.2 Å². The first-order valence-electron chi connectivity index (χ1n) is 5.32. The minimum absolute atomic E-state index is 0.0431. The van der Waals surface area contributed by atoms with Crippen molar-refractivity contribution < 1.29 is 9.00 Å². The largest absolute Gasteiger partial charge is 0.351 e. The predicted molar refractivity (Wildman–Crippen MR) is 74.3 cm³/mol. The Kier molecular flexibility index (Phi) is 5.21. The molecule has 0 aliphatic heterocycles. The van der Waals surface area contributed by atoms with E-state index in [9.17, 15) is 9.00 Å². The molecule has 0 bridgehead atoms. The Hall–Kier alpha value is -0.810. The third kappa shape index (κ3) is 4.16. The highest BCUT2D eigenvalue weighted by atomic mass is 32.2. The van der Waals surface area contributed by atoms with Crippen LogP contribution in [-0.2, 0) is 10.8 Å². The van der Waals surface area contributed by atoms with Crippen molar-refractivity contribution in [3.63, 3.8) is 0 Å².